The molecular weight excluding hydrogens is 312 g/mol. The largest absolute Gasteiger partial charge is 0.345 e. The maximum atomic E-state index is 12.4. The first-order chi connectivity index (χ1) is 11.1. The van der Waals surface area contributed by atoms with Crippen molar-refractivity contribution in [2.24, 2.45) is 0 Å². The minimum absolute atomic E-state index is 0.0630. The average molecular weight is 332 g/mol. The molecule has 2 aromatic rings. The van der Waals surface area contributed by atoms with Gasteiger partial charge in [0.2, 0.25) is 6.29 Å². The van der Waals surface area contributed by atoms with Gasteiger partial charge in [-0.3, -0.25) is 4.79 Å². The van der Waals surface area contributed by atoms with E-state index in [1.54, 1.807) is 6.20 Å². The normalized spacial score (nSPS) is 16.5. The van der Waals surface area contributed by atoms with E-state index in [0.717, 1.165) is 5.56 Å². The summed E-state index contributed by atoms with van der Waals surface area (Å²) in [5.41, 5.74) is 3.56. The van der Waals surface area contributed by atoms with Crippen LogP contribution in [0.25, 0.3) is 0 Å². The van der Waals surface area contributed by atoms with Gasteiger partial charge in [0.15, 0.2) is 0 Å². The zero-order chi connectivity index (χ0) is 16.4. The van der Waals surface area contributed by atoms with Gasteiger partial charge < -0.3 is 14.8 Å². The standard InChI is InChI=1S/C17H20N2O3S/c1-10-5-4-6-13(11(10)2)12(3)19-15(20)14-9-18-16(23-14)17-21-7-8-22-17/h4-6,9,12,17H,7-8H2,1-3H3,(H,19,20)/t12-/m0/s1. The van der Waals surface area contributed by atoms with Crippen molar-refractivity contribution in [3.8, 4) is 0 Å². The van der Waals surface area contributed by atoms with Gasteiger partial charge in [-0.1, -0.05) is 18.2 Å². The molecule has 1 aliphatic heterocycles. The number of carbonyl (C=O) groups excluding carboxylic acids is 1. The number of carbonyl (C=O) groups is 1. The summed E-state index contributed by atoms with van der Waals surface area (Å²) in [6, 6.07) is 6.07. The van der Waals surface area contributed by atoms with Crippen LogP contribution < -0.4 is 5.32 Å². The fourth-order valence-corrected chi connectivity index (χ4v) is 3.41. The van der Waals surface area contributed by atoms with Crippen LogP contribution in [-0.2, 0) is 9.47 Å². The third kappa shape index (κ3) is 3.44. The van der Waals surface area contributed by atoms with Gasteiger partial charge in [-0.05, 0) is 37.5 Å². The van der Waals surface area contributed by atoms with Gasteiger partial charge in [0.05, 0.1) is 25.5 Å². The number of hydrogen-bond donors (Lipinski definition) is 1. The van der Waals surface area contributed by atoms with Gasteiger partial charge in [0.25, 0.3) is 5.91 Å². The molecule has 1 N–H and O–H groups in total. The van der Waals surface area contributed by atoms with E-state index in [-0.39, 0.29) is 11.9 Å². The molecule has 1 aromatic heterocycles. The van der Waals surface area contributed by atoms with E-state index in [1.807, 2.05) is 19.1 Å². The molecule has 3 rings (SSSR count). The Kier molecular flexibility index (Phi) is 4.75. The monoisotopic (exact) mass is 332 g/mol. The Morgan fingerprint density at radius 3 is 2.83 bits per heavy atom. The molecule has 122 valence electrons. The summed E-state index contributed by atoms with van der Waals surface area (Å²) in [6.45, 7) is 7.27. The lowest BCUT2D eigenvalue weighted by Crippen LogP contribution is -2.26. The number of aryl methyl sites for hydroxylation is 1. The molecule has 1 amide bonds. The summed E-state index contributed by atoms with van der Waals surface area (Å²) in [6.07, 6.45) is 1.15. The SMILES string of the molecule is Cc1cccc([C@H](C)NC(=O)c2cnc(C3OCCO3)s2)c1C. The number of hydrogen-bond acceptors (Lipinski definition) is 5. The van der Waals surface area contributed by atoms with Crippen LogP contribution in [0.3, 0.4) is 0 Å². The number of amides is 1. The first-order valence-electron chi connectivity index (χ1n) is 7.62. The minimum atomic E-state index is -0.432. The second-order valence-electron chi connectivity index (χ2n) is 5.62. The third-order valence-corrected chi connectivity index (χ3v) is 5.05. The molecule has 0 unspecified atom stereocenters. The summed E-state index contributed by atoms with van der Waals surface area (Å²) in [7, 11) is 0. The van der Waals surface area contributed by atoms with Crippen molar-refractivity contribution in [3.05, 3.63) is 51.0 Å². The van der Waals surface area contributed by atoms with E-state index in [4.69, 9.17) is 9.47 Å². The summed E-state index contributed by atoms with van der Waals surface area (Å²) in [4.78, 5) is 17.2. The van der Waals surface area contributed by atoms with Crippen LogP contribution >= 0.6 is 11.3 Å². The van der Waals surface area contributed by atoms with E-state index < -0.39 is 6.29 Å². The average Bonchev–Trinajstić information content (AvgIpc) is 3.20. The minimum Gasteiger partial charge on any atom is -0.345 e. The van der Waals surface area contributed by atoms with Crippen LogP contribution in [0, 0.1) is 13.8 Å². The highest BCUT2D eigenvalue weighted by Gasteiger charge is 2.23. The van der Waals surface area contributed by atoms with Crippen molar-refractivity contribution in [2.45, 2.75) is 33.1 Å². The van der Waals surface area contributed by atoms with E-state index >= 15 is 0 Å². The second kappa shape index (κ2) is 6.78. The quantitative estimate of drug-likeness (QED) is 0.933. The highest BCUT2D eigenvalue weighted by molar-refractivity contribution is 7.13. The predicted octanol–water partition coefficient (Wildman–Crippen LogP) is 3.30. The molecule has 0 spiro atoms. The zero-order valence-corrected chi connectivity index (χ0v) is 14.3. The van der Waals surface area contributed by atoms with Crippen LogP contribution in [-0.4, -0.2) is 24.1 Å². The van der Waals surface area contributed by atoms with Crippen LogP contribution in [0.15, 0.2) is 24.4 Å². The molecule has 1 atom stereocenters. The lowest BCUT2D eigenvalue weighted by atomic mass is 9.98. The Bertz CT molecular complexity index is 708. The lowest BCUT2D eigenvalue weighted by Gasteiger charge is -2.17. The number of benzene rings is 1. The van der Waals surface area contributed by atoms with Crippen molar-refractivity contribution >= 4 is 17.2 Å². The number of aromatic nitrogens is 1. The highest BCUT2D eigenvalue weighted by Crippen LogP contribution is 2.28. The molecule has 5 nitrogen and oxygen atoms in total. The van der Waals surface area contributed by atoms with Crippen molar-refractivity contribution in [3.63, 3.8) is 0 Å². The number of rotatable bonds is 4. The molecule has 0 radical (unpaired) electrons. The smallest absolute Gasteiger partial charge is 0.263 e. The Labute approximate surface area is 139 Å². The Morgan fingerprint density at radius 1 is 1.35 bits per heavy atom. The molecular formula is C17H20N2O3S. The second-order valence-corrected chi connectivity index (χ2v) is 6.68. The number of thiazole rings is 1. The highest BCUT2D eigenvalue weighted by atomic mass is 32.1. The van der Waals surface area contributed by atoms with Gasteiger partial charge in [-0.2, -0.15) is 0 Å². The van der Waals surface area contributed by atoms with E-state index in [2.05, 4.69) is 30.2 Å². The van der Waals surface area contributed by atoms with Gasteiger partial charge in [-0.15, -0.1) is 11.3 Å². The molecule has 1 aromatic carbocycles. The van der Waals surface area contributed by atoms with Crippen LogP contribution in [0.1, 0.15) is 50.6 Å². The van der Waals surface area contributed by atoms with Crippen LogP contribution in [0.2, 0.25) is 0 Å². The summed E-state index contributed by atoms with van der Waals surface area (Å²) < 4.78 is 10.8. The molecule has 2 heterocycles. The molecule has 0 aliphatic carbocycles. The van der Waals surface area contributed by atoms with Crippen molar-refractivity contribution in [2.75, 3.05) is 13.2 Å². The fraction of sp³-hybridized carbons (Fsp3) is 0.412. The fourth-order valence-electron chi connectivity index (χ4n) is 2.59. The molecule has 0 bridgehead atoms. The Balaban J connectivity index is 1.70. The van der Waals surface area contributed by atoms with Gasteiger partial charge in [-0.25, -0.2) is 4.98 Å². The Hall–Kier alpha value is -1.76. The van der Waals surface area contributed by atoms with E-state index in [0.29, 0.717) is 23.1 Å². The summed E-state index contributed by atoms with van der Waals surface area (Å²) in [5, 5.41) is 3.72. The van der Waals surface area contributed by atoms with Crippen LogP contribution in [0.4, 0.5) is 0 Å². The number of nitrogens with one attached hydrogen (secondary N) is 1. The van der Waals surface area contributed by atoms with Gasteiger partial charge in [0.1, 0.15) is 9.88 Å². The predicted molar refractivity (Wildman–Crippen MR) is 88.6 cm³/mol. The molecule has 23 heavy (non-hydrogen) atoms. The molecule has 0 saturated carbocycles. The number of ether oxygens (including phenoxy) is 2. The van der Waals surface area contributed by atoms with E-state index in [9.17, 15) is 4.79 Å². The molecule has 6 heteroatoms. The first kappa shape index (κ1) is 16.1. The van der Waals surface area contributed by atoms with Gasteiger partial charge >= 0.3 is 0 Å². The molecule has 1 fully saturated rings. The molecule has 1 saturated heterocycles. The maximum absolute atomic E-state index is 12.4. The lowest BCUT2D eigenvalue weighted by molar-refractivity contribution is -0.0442. The first-order valence-corrected chi connectivity index (χ1v) is 8.44. The molecule has 1 aliphatic rings. The van der Waals surface area contributed by atoms with Gasteiger partial charge in [0, 0.05) is 0 Å². The summed E-state index contributed by atoms with van der Waals surface area (Å²) >= 11 is 1.31. The Morgan fingerprint density at radius 2 is 2.09 bits per heavy atom. The zero-order valence-electron chi connectivity index (χ0n) is 13.5. The topological polar surface area (TPSA) is 60.5 Å². The number of nitrogens with zero attached hydrogens (tertiary/aromatic N) is 1. The van der Waals surface area contributed by atoms with Crippen LogP contribution in [0.5, 0.6) is 0 Å². The third-order valence-electron chi connectivity index (χ3n) is 4.03. The summed E-state index contributed by atoms with van der Waals surface area (Å²) in [5.74, 6) is -0.125. The van der Waals surface area contributed by atoms with E-state index in [1.165, 1.54) is 22.5 Å². The van der Waals surface area contributed by atoms with Crippen molar-refractivity contribution in [1.29, 1.82) is 0 Å². The maximum Gasteiger partial charge on any atom is 0.263 e. The van der Waals surface area contributed by atoms with Crippen molar-refractivity contribution < 1.29 is 14.3 Å². The van der Waals surface area contributed by atoms with Crippen molar-refractivity contribution in [1.82, 2.24) is 10.3 Å².